The van der Waals surface area contributed by atoms with E-state index in [2.05, 4.69) is 0 Å². The van der Waals surface area contributed by atoms with Crippen LogP contribution in [0, 0.1) is 0 Å². The number of nitrogens with zero attached hydrogens (tertiary/aromatic N) is 1. The van der Waals surface area contributed by atoms with Crippen molar-refractivity contribution in [1.82, 2.24) is 0 Å². The smallest absolute Gasteiger partial charge is 0.237 e. The van der Waals surface area contributed by atoms with E-state index in [0.717, 1.165) is 36.1 Å². The van der Waals surface area contributed by atoms with E-state index in [1.165, 1.54) is 0 Å². The van der Waals surface area contributed by atoms with Gasteiger partial charge in [0.2, 0.25) is 5.91 Å². The van der Waals surface area contributed by atoms with Crippen LogP contribution in [0.2, 0.25) is 0 Å². The highest BCUT2D eigenvalue weighted by Gasteiger charge is 2.58. The molecule has 19 heavy (non-hydrogen) atoms. The Labute approximate surface area is 113 Å². The predicted octanol–water partition coefficient (Wildman–Crippen LogP) is 1.59. The molecule has 1 saturated carbocycles. The molecule has 0 bridgehead atoms. The van der Waals surface area contributed by atoms with Crippen LogP contribution in [-0.4, -0.2) is 31.3 Å². The predicted molar refractivity (Wildman–Crippen MR) is 72.1 cm³/mol. The number of hydrogen-bond acceptors (Lipinski definition) is 3. The molecule has 1 N–H and O–H groups in total. The summed E-state index contributed by atoms with van der Waals surface area (Å²) in [4.78, 5) is 14.4. The zero-order chi connectivity index (χ0) is 13.5. The third kappa shape index (κ3) is 1.86. The molecule has 1 aliphatic heterocycles. The van der Waals surface area contributed by atoms with E-state index in [-0.39, 0.29) is 17.9 Å². The first-order chi connectivity index (χ1) is 9.23. The van der Waals surface area contributed by atoms with Crippen molar-refractivity contribution >= 4 is 11.6 Å². The Morgan fingerprint density at radius 1 is 1.42 bits per heavy atom. The Balaban J connectivity index is 1.92. The van der Waals surface area contributed by atoms with E-state index in [4.69, 9.17) is 4.74 Å². The molecule has 1 heterocycles. The van der Waals surface area contributed by atoms with E-state index in [1.807, 2.05) is 23.1 Å². The molecule has 102 valence electrons. The summed E-state index contributed by atoms with van der Waals surface area (Å²) in [6, 6.07) is 5.89. The average Bonchev–Trinajstić information content (AvgIpc) is 3.20. The van der Waals surface area contributed by atoms with E-state index in [9.17, 15) is 9.90 Å². The summed E-state index contributed by atoms with van der Waals surface area (Å²) in [5.41, 5.74) is 2.76. The molecule has 2 aliphatic rings. The summed E-state index contributed by atoms with van der Waals surface area (Å²) in [5, 5.41) is 9.26. The third-order valence-electron chi connectivity index (χ3n) is 4.19. The first-order valence-electron chi connectivity index (χ1n) is 6.78. The first-order valence-corrected chi connectivity index (χ1v) is 6.78. The van der Waals surface area contributed by atoms with E-state index in [1.54, 1.807) is 7.11 Å². The number of amides is 1. The van der Waals surface area contributed by atoms with Crippen LogP contribution in [0.15, 0.2) is 18.2 Å². The maximum atomic E-state index is 12.6. The lowest BCUT2D eigenvalue weighted by atomic mass is 9.97. The van der Waals surface area contributed by atoms with E-state index in [0.29, 0.717) is 13.2 Å². The average molecular weight is 261 g/mol. The normalized spacial score (nSPS) is 19.1. The lowest BCUT2D eigenvalue weighted by molar-refractivity contribution is -0.120. The van der Waals surface area contributed by atoms with Gasteiger partial charge >= 0.3 is 0 Å². The van der Waals surface area contributed by atoms with Crippen molar-refractivity contribution < 1.29 is 14.6 Å². The van der Waals surface area contributed by atoms with E-state index < -0.39 is 0 Å². The maximum absolute atomic E-state index is 12.6. The molecule has 4 heteroatoms. The number of ether oxygens (including phenoxy) is 1. The van der Waals surface area contributed by atoms with Crippen molar-refractivity contribution in [3.8, 4) is 0 Å². The van der Waals surface area contributed by atoms with Crippen molar-refractivity contribution in [2.45, 2.75) is 31.3 Å². The molecule has 1 spiro atoms. The summed E-state index contributed by atoms with van der Waals surface area (Å²) >= 11 is 0. The molecule has 0 atom stereocenters. The quantitative estimate of drug-likeness (QED) is 0.819. The van der Waals surface area contributed by atoms with E-state index >= 15 is 0 Å². The first kappa shape index (κ1) is 12.6. The molecule has 0 unspecified atom stereocenters. The Bertz CT molecular complexity index is 508. The van der Waals surface area contributed by atoms with Gasteiger partial charge in [0.15, 0.2) is 0 Å². The van der Waals surface area contributed by atoms with Crippen LogP contribution in [0.5, 0.6) is 0 Å². The monoisotopic (exact) mass is 261 g/mol. The standard InChI is InChI=1S/C15H19NO3/c1-19-8-2-7-16-13-9-11(10-17)3-4-12(13)15(5-6-15)14(16)18/h3-4,9,17H,2,5-8,10H2,1H3. The number of carbonyl (C=O) groups excluding carboxylic acids is 1. The van der Waals surface area contributed by atoms with Crippen molar-refractivity contribution in [3.05, 3.63) is 29.3 Å². The molecule has 0 saturated heterocycles. The molecule has 1 fully saturated rings. The highest BCUT2D eigenvalue weighted by Crippen LogP contribution is 2.57. The summed E-state index contributed by atoms with van der Waals surface area (Å²) in [7, 11) is 1.67. The molecule has 1 amide bonds. The molecule has 1 aromatic carbocycles. The van der Waals surface area contributed by atoms with Gasteiger partial charge in [-0.25, -0.2) is 0 Å². The summed E-state index contributed by atoms with van der Waals surface area (Å²) in [6.07, 6.45) is 2.75. The zero-order valence-corrected chi connectivity index (χ0v) is 11.2. The Hall–Kier alpha value is -1.39. The molecule has 1 aliphatic carbocycles. The second kappa shape index (κ2) is 4.62. The number of carbonyl (C=O) groups is 1. The Morgan fingerprint density at radius 3 is 2.84 bits per heavy atom. The summed E-state index contributed by atoms with van der Waals surface area (Å²) < 4.78 is 5.06. The third-order valence-corrected chi connectivity index (χ3v) is 4.19. The van der Waals surface area contributed by atoms with Gasteiger partial charge in [0.05, 0.1) is 12.0 Å². The Kier molecular flexibility index (Phi) is 3.07. The van der Waals surface area contributed by atoms with Gasteiger partial charge in [0.25, 0.3) is 0 Å². The van der Waals surface area contributed by atoms with Crippen LogP contribution < -0.4 is 4.90 Å². The highest BCUT2D eigenvalue weighted by atomic mass is 16.5. The second-order valence-corrected chi connectivity index (χ2v) is 5.39. The minimum absolute atomic E-state index is 0.0143. The van der Waals surface area contributed by atoms with Crippen LogP contribution in [-0.2, 0) is 21.6 Å². The minimum Gasteiger partial charge on any atom is -0.392 e. The molecule has 3 rings (SSSR count). The van der Waals surface area contributed by atoms with Gasteiger partial charge in [0, 0.05) is 25.9 Å². The van der Waals surface area contributed by atoms with Crippen LogP contribution >= 0.6 is 0 Å². The fourth-order valence-electron chi connectivity index (χ4n) is 2.98. The van der Waals surface area contributed by atoms with Crippen molar-refractivity contribution in [1.29, 1.82) is 0 Å². The van der Waals surface area contributed by atoms with Crippen molar-refractivity contribution in [2.24, 2.45) is 0 Å². The van der Waals surface area contributed by atoms with Crippen LogP contribution in [0.25, 0.3) is 0 Å². The van der Waals surface area contributed by atoms with Gasteiger partial charge in [-0.1, -0.05) is 12.1 Å². The van der Waals surface area contributed by atoms with Gasteiger partial charge in [-0.15, -0.1) is 0 Å². The molecule has 0 radical (unpaired) electrons. The fraction of sp³-hybridized carbons (Fsp3) is 0.533. The highest BCUT2D eigenvalue weighted by molar-refractivity contribution is 6.10. The lowest BCUT2D eigenvalue weighted by Crippen LogP contribution is -2.33. The minimum atomic E-state index is -0.240. The molecular formula is C15H19NO3. The Morgan fingerprint density at radius 2 is 2.21 bits per heavy atom. The maximum Gasteiger partial charge on any atom is 0.237 e. The number of aliphatic hydroxyl groups is 1. The van der Waals surface area contributed by atoms with Crippen molar-refractivity contribution in [3.63, 3.8) is 0 Å². The van der Waals surface area contributed by atoms with Gasteiger partial charge in [0.1, 0.15) is 0 Å². The number of hydrogen-bond donors (Lipinski definition) is 1. The molecule has 4 nitrogen and oxygen atoms in total. The number of rotatable bonds is 5. The fourth-order valence-corrected chi connectivity index (χ4v) is 2.98. The largest absolute Gasteiger partial charge is 0.392 e. The molecule has 1 aromatic rings. The molecule has 0 aromatic heterocycles. The van der Waals surface area contributed by atoms with Crippen molar-refractivity contribution in [2.75, 3.05) is 25.2 Å². The van der Waals surface area contributed by atoms with Crippen LogP contribution in [0.3, 0.4) is 0 Å². The second-order valence-electron chi connectivity index (χ2n) is 5.39. The number of benzene rings is 1. The van der Waals surface area contributed by atoms with Gasteiger partial charge < -0.3 is 14.7 Å². The lowest BCUT2D eigenvalue weighted by Gasteiger charge is -2.18. The van der Waals surface area contributed by atoms with Gasteiger partial charge in [-0.3, -0.25) is 4.79 Å². The number of methoxy groups -OCH3 is 1. The number of fused-ring (bicyclic) bond motifs is 2. The molecular weight excluding hydrogens is 242 g/mol. The van der Waals surface area contributed by atoms with Crippen LogP contribution in [0.4, 0.5) is 5.69 Å². The van der Waals surface area contributed by atoms with Gasteiger partial charge in [-0.2, -0.15) is 0 Å². The zero-order valence-electron chi connectivity index (χ0n) is 11.2. The van der Waals surface area contributed by atoms with Crippen LogP contribution in [0.1, 0.15) is 30.4 Å². The number of anilines is 1. The summed E-state index contributed by atoms with van der Waals surface area (Å²) in [5.74, 6) is 0.230. The topological polar surface area (TPSA) is 49.8 Å². The SMILES string of the molecule is COCCCN1C(=O)C2(CC2)c2ccc(CO)cc21. The van der Waals surface area contributed by atoms with Gasteiger partial charge in [-0.05, 0) is 36.5 Å². The summed E-state index contributed by atoms with van der Waals surface area (Å²) in [6.45, 7) is 1.36. The number of aliphatic hydroxyl groups excluding tert-OH is 1.